The Morgan fingerprint density at radius 2 is 2.12 bits per heavy atom. The second kappa shape index (κ2) is 6.82. The molecule has 1 saturated heterocycles. The first-order chi connectivity index (χ1) is 12.2. The van der Waals surface area contributed by atoms with Crippen LogP contribution in [0.5, 0.6) is 0 Å². The third kappa shape index (κ3) is 3.19. The summed E-state index contributed by atoms with van der Waals surface area (Å²) in [5.41, 5.74) is 3.31. The highest BCUT2D eigenvalue weighted by atomic mass is 16.3. The van der Waals surface area contributed by atoms with Crippen molar-refractivity contribution >= 4 is 17.9 Å². The molecular formula is C18H28N6O. The molecule has 2 fully saturated rings. The summed E-state index contributed by atoms with van der Waals surface area (Å²) in [6.45, 7) is 2.83. The molecule has 1 aromatic heterocycles. The predicted molar refractivity (Wildman–Crippen MR) is 98.8 cm³/mol. The van der Waals surface area contributed by atoms with E-state index in [9.17, 15) is 5.11 Å². The molecular weight excluding hydrogens is 316 g/mol. The first-order valence-electron chi connectivity index (χ1n) is 9.24. The number of nitrogens with two attached hydrogens (primary N) is 1. The standard InChI is InChI=1S/C18H28N6O/c1-20-16(17-15-6-7-21-18(15)22-11-24(17)19)13-4-2-12(3-5-13)8-23-9-14(25)10-23/h6-7,11-14,20-21,25H,2-5,8-10,19H2,1H3/b17-16-/t12-,13+. The number of hydrazine groups is 1. The molecule has 0 radical (unpaired) electrons. The van der Waals surface area contributed by atoms with Crippen molar-refractivity contribution in [3.63, 3.8) is 0 Å². The fourth-order valence-corrected chi connectivity index (χ4v) is 4.47. The van der Waals surface area contributed by atoms with Crippen molar-refractivity contribution in [3.8, 4) is 0 Å². The lowest BCUT2D eigenvalue weighted by Crippen LogP contribution is -2.52. The molecule has 1 aromatic rings. The van der Waals surface area contributed by atoms with Gasteiger partial charge in [0.25, 0.3) is 0 Å². The van der Waals surface area contributed by atoms with Crippen LogP contribution in [-0.4, -0.2) is 59.1 Å². The van der Waals surface area contributed by atoms with Gasteiger partial charge in [-0.2, -0.15) is 0 Å². The Kier molecular flexibility index (Phi) is 4.54. The Morgan fingerprint density at radius 1 is 1.36 bits per heavy atom. The largest absolute Gasteiger partial charge is 0.390 e. The molecule has 5 N–H and O–H groups in total. The number of hydrogen-bond acceptors (Lipinski definition) is 6. The van der Waals surface area contributed by atoms with Crippen molar-refractivity contribution in [2.45, 2.75) is 31.8 Å². The average Bonchev–Trinajstić information content (AvgIpc) is 3.06. The molecule has 0 amide bonds. The van der Waals surface area contributed by atoms with Gasteiger partial charge in [0.15, 0.2) is 0 Å². The average molecular weight is 344 g/mol. The van der Waals surface area contributed by atoms with Gasteiger partial charge in [-0.3, -0.25) is 9.91 Å². The van der Waals surface area contributed by atoms with E-state index in [4.69, 9.17) is 5.84 Å². The number of H-pyrrole nitrogens is 1. The van der Waals surface area contributed by atoms with E-state index in [0.29, 0.717) is 5.92 Å². The van der Waals surface area contributed by atoms with Crippen LogP contribution in [0.3, 0.4) is 0 Å². The molecule has 2 aliphatic heterocycles. The number of allylic oxidation sites excluding steroid dienone is 1. The maximum Gasteiger partial charge on any atom is 0.141 e. The van der Waals surface area contributed by atoms with Crippen molar-refractivity contribution in [1.82, 2.24) is 20.2 Å². The van der Waals surface area contributed by atoms with Gasteiger partial charge in [-0.1, -0.05) is 0 Å². The number of likely N-dealkylation sites (tertiary alicyclic amines) is 1. The molecule has 3 aliphatic rings. The summed E-state index contributed by atoms with van der Waals surface area (Å²) < 4.78 is 0. The van der Waals surface area contributed by atoms with E-state index in [1.165, 1.54) is 31.4 Å². The van der Waals surface area contributed by atoms with Gasteiger partial charge < -0.3 is 15.4 Å². The van der Waals surface area contributed by atoms with E-state index in [0.717, 1.165) is 42.6 Å². The van der Waals surface area contributed by atoms with E-state index >= 15 is 0 Å². The van der Waals surface area contributed by atoms with Gasteiger partial charge in [0, 0.05) is 50.1 Å². The quantitative estimate of drug-likeness (QED) is 0.617. The number of aliphatic hydroxyl groups excluding tert-OH is 1. The van der Waals surface area contributed by atoms with Crippen LogP contribution in [0.2, 0.25) is 0 Å². The lowest BCUT2D eigenvalue weighted by Gasteiger charge is -2.40. The number of nitrogens with one attached hydrogen (secondary N) is 2. The molecule has 7 heteroatoms. The monoisotopic (exact) mass is 344 g/mol. The smallest absolute Gasteiger partial charge is 0.141 e. The fraction of sp³-hybridized carbons (Fsp3) is 0.611. The molecule has 25 heavy (non-hydrogen) atoms. The third-order valence-corrected chi connectivity index (χ3v) is 5.78. The summed E-state index contributed by atoms with van der Waals surface area (Å²) in [5, 5.41) is 14.5. The molecule has 4 rings (SSSR count). The number of rotatable bonds is 4. The number of aliphatic imine (C=N–C) groups is 1. The van der Waals surface area contributed by atoms with Crippen molar-refractivity contribution < 1.29 is 5.11 Å². The van der Waals surface area contributed by atoms with Crippen molar-refractivity contribution in [1.29, 1.82) is 0 Å². The van der Waals surface area contributed by atoms with Gasteiger partial charge in [-0.05, 0) is 37.7 Å². The number of aromatic amines is 1. The van der Waals surface area contributed by atoms with E-state index in [2.05, 4.69) is 20.2 Å². The van der Waals surface area contributed by atoms with Gasteiger partial charge in [-0.15, -0.1) is 0 Å². The second-order valence-corrected chi connectivity index (χ2v) is 7.49. The summed E-state index contributed by atoms with van der Waals surface area (Å²) in [4.78, 5) is 9.89. The molecule has 3 heterocycles. The molecule has 0 spiro atoms. The number of aliphatic hydroxyl groups is 1. The maximum atomic E-state index is 9.44. The molecule has 7 nitrogen and oxygen atoms in total. The lowest BCUT2D eigenvalue weighted by molar-refractivity contribution is -0.0104. The van der Waals surface area contributed by atoms with Gasteiger partial charge in [0.2, 0.25) is 0 Å². The number of nitrogens with zero attached hydrogens (tertiary/aromatic N) is 3. The number of hydrogen-bond donors (Lipinski definition) is 4. The maximum absolute atomic E-state index is 9.44. The van der Waals surface area contributed by atoms with E-state index in [1.807, 2.05) is 19.3 Å². The minimum Gasteiger partial charge on any atom is -0.390 e. The van der Waals surface area contributed by atoms with Crippen LogP contribution >= 0.6 is 0 Å². The van der Waals surface area contributed by atoms with Crippen LogP contribution in [0.1, 0.15) is 31.2 Å². The molecule has 0 atom stereocenters. The highest BCUT2D eigenvalue weighted by Crippen LogP contribution is 2.39. The number of β-amino-alcohol motifs (C(OH)–C–C–N with tert-alkyl or cyclic N) is 1. The van der Waals surface area contributed by atoms with Crippen LogP contribution in [0, 0.1) is 11.8 Å². The fourth-order valence-electron chi connectivity index (χ4n) is 4.47. The molecule has 136 valence electrons. The molecule has 1 aliphatic carbocycles. The van der Waals surface area contributed by atoms with Crippen LogP contribution < -0.4 is 11.2 Å². The second-order valence-electron chi connectivity index (χ2n) is 7.49. The zero-order valence-corrected chi connectivity index (χ0v) is 14.8. The summed E-state index contributed by atoms with van der Waals surface area (Å²) in [6.07, 6.45) is 8.29. The number of fused-ring (bicyclic) bond motifs is 1. The Labute approximate surface area is 148 Å². The molecule has 0 unspecified atom stereocenters. The summed E-state index contributed by atoms with van der Waals surface area (Å²) >= 11 is 0. The molecule has 0 aromatic carbocycles. The van der Waals surface area contributed by atoms with Crippen molar-refractivity contribution in [2.75, 3.05) is 26.7 Å². The first-order valence-corrected chi connectivity index (χ1v) is 9.24. The van der Waals surface area contributed by atoms with E-state index < -0.39 is 0 Å². The minimum atomic E-state index is -0.101. The van der Waals surface area contributed by atoms with Crippen LogP contribution in [0.15, 0.2) is 23.0 Å². The van der Waals surface area contributed by atoms with Gasteiger partial charge in [0.1, 0.15) is 12.2 Å². The van der Waals surface area contributed by atoms with Gasteiger partial charge in [-0.25, -0.2) is 10.8 Å². The van der Waals surface area contributed by atoms with E-state index in [1.54, 1.807) is 11.3 Å². The highest BCUT2D eigenvalue weighted by Gasteiger charge is 2.32. The van der Waals surface area contributed by atoms with Crippen molar-refractivity contribution in [2.24, 2.45) is 22.7 Å². The highest BCUT2D eigenvalue weighted by molar-refractivity contribution is 5.86. The Bertz CT molecular complexity index is 667. The minimum absolute atomic E-state index is 0.101. The topological polar surface area (TPSA) is 92.9 Å². The first kappa shape index (κ1) is 16.6. The third-order valence-electron chi connectivity index (χ3n) is 5.78. The van der Waals surface area contributed by atoms with Crippen LogP contribution in [-0.2, 0) is 0 Å². The summed E-state index contributed by atoms with van der Waals surface area (Å²) in [7, 11) is 1.99. The molecule has 0 bridgehead atoms. The summed E-state index contributed by atoms with van der Waals surface area (Å²) in [5.74, 6) is 8.33. The Balaban J connectivity index is 1.46. The zero-order valence-electron chi connectivity index (χ0n) is 14.8. The van der Waals surface area contributed by atoms with Crippen molar-refractivity contribution in [3.05, 3.63) is 23.5 Å². The zero-order chi connectivity index (χ0) is 17.4. The predicted octanol–water partition coefficient (Wildman–Crippen LogP) is 1.23. The normalized spacial score (nSPS) is 29.3. The number of aromatic nitrogens is 1. The van der Waals surface area contributed by atoms with E-state index in [-0.39, 0.29) is 6.10 Å². The van der Waals surface area contributed by atoms with Crippen LogP contribution in [0.4, 0.5) is 5.82 Å². The molecule has 1 saturated carbocycles. The lowest BCUT2D eigenvalue weighted by atomic mass is 9.79. The van der Waals surface area contributed by atoms with Crippen LogP contribution in [0.25, 0.3) is 5.70 Å². The Morgan fingerprint density at radius 3 is 2.80 bits per heavy atom. The summed E-state index contributed by atoms with van der Waals surface area (Å²) in [6, 6.07) is 2.04. The Hall–Kier alpha value is -1.83. The SMILES string of the molecule is CN/C(=C1/c2cc[nH]c2N=CN1N)[C@H]1CC[C@@H](CN2CC(O)C2)CC1. The van der Waals surface area contributed by atoms with Gasteiger partial charge in [0.05, 0.1) is 11.8 Å². The van der Waals surface area contributed by atoms with Gasteiger partial charge >= 0.3 is 0 Å².